The molecule has 0 aromatic rings. The fraction of sp³-hybridized carbons (Fsp3) is 1.00. The molecule has 0 bridgehead atoms. The SMILES string of the molecule is OOCC1(O)CC(O)C(O)C(O)C1. The summed E-state index contributed by atoms with van der Waals surface area (Å²) in [4.78, 5) is 3.76. The van der Waals surface area contributed by atoms with E-state index in [2.05, 4.69) is 4.89 Å². The molecule has 5 N–H and O–H groups in total. The van der Waals surface area contributed by atoms with Crippen molar-refractivity contribution >= 4 is 0 Å². The van der Waals surface area contributed by atoms with Gasteiger partial charge in [0.15, 0.2) is 0 Å². The minimum absolute atomic E-state index is 0.133. The molecule has 2 unspecified atom stereocenters. The van der Waals surface area contributed by atoms with Crippen molar-refractivity contribution in [2.45, 2.75) is 36.8 Å². The Morgan fingerprint density at radius 2 is 1.62 bits per heavy atom. The Hall–Kier alpha value is -0.240. The average Bonchev–Trinajstić information content (AvgIpc) is 2.00. The van der Waals surface area contributed by atoms with Gasteiger partial charge in [0.1, 0.15) is 12.7 Å². The molecule has 1 fully saturated rings. The van der Waals surface area contributed by atoms with Crippen LogP contribution in [0.5, 0.6) is 0 Å². The van der Waals surface area contributed by atoms with Crippen molar-refractivity contribution in [2.75, 3.05) is 6.61 Å². The number of rotatable bonds is 2. The van der Waals surface area contributed by atoms with Gasteiger partial charge in [0.05, 0.1) is 17.8 Å². The molecule has 13 heavy (non-hydrogen) atoms. The van der Waals surface area contributed by atoms with Crippen LogP contribution in [0.25, 0.3) is 0 Å². The molecule has 0 radical (unpaired) electrons. The molecular formula is C7H14O6. The monoisotopic (exact) mass is 194 g/mol. The third kappa shape index (κ3) is 2.37. The van der Waals surface area contributed by atoms with Gasteiger partial charge in [-0.05, 0) is 0 Å². The van der Waals surface area contributed by atoms with Crippen molar-refractivity contribution in [3.05, 3.63) is 0 Å². The highest BCUT2D eigenvalue weighted by Gasteiger charge is 2.43. The Bertz CT molecular complexity index is 160. The van der Waals surface area contributed by atoms with Gasteiger partial charge in [-0.3, -0.25) is 5.26 Å². The van der Waals surface area contributed by atoms with Crippen molar-refractivity contribution < 1.29 is 30.6 Å². The van der Waals surface area contributed by atoms with Crippen molar-refractivity contribution in [2.24, 2.45) is 0 Å². The summed E-state index contributed by atoms with van der Waals surface area (Å²) in [7, 11) is 0. The number of aliphatic hydroxyl groups is 4. The smallest absolute Gasteiger partial charge is 0.111 e. The second kappa shape index (κ2) is 3.87. The minimum Gasteiger partial charge on any atom is -0.390 e. The lowest BCUT2D eigenvalue weighted by Crippen LogP contribution is -2.54. The van der Waals surface area contributed by atoms with Crippen molar-refractivity contribution in [3.63, 3.8) is 0 Å². The first-order valence-electron chi connectivity index (χ1n) is 4.01. The summed E-state index contributed by atoms with van der Waals surface area (Å²) in [6, 6.07) is 0. The number of hydrogen-bond acceptors (Lipinski definition) is 6. The van der Waals surface area contributed by atoms with Gasteiger partial charge >= 0.3 is 0 Å². The van der Waals surface area contributed by atoms with Gasteiger partial charge in [0.2, 0.25) is 0 Å². The van der Waals surface area contributed by atoms with Crippen LogP contribution in [0.15, 0.2) is 0 Å². The molecule has 0 aliphatic heterocycles. The van der Waals surface area contributed by atoms with E-state index in [4.69, 9.17) is 10.4 Å². The summed E-state index contributed by atoms with van der Waals surface area (Å²) in [5, 5.41) is 45.3. The standard InChI is InChI=1S/C7H14O6/c8-4-1-7(11,3-13-12)2-5(9)6(4)10/h4-6,8-12H,1-3H2. The summed E-state index contributed by atoms with van der Waals surface area (Å²) in [5.41, 5.74) is -1.48. The first kappa shape index (κ1) is 10.8. The fourth-order valence-corrected chi connectivity index (χ4v) is 1.60. The summed E-state index contributed by atoms with van der Waals surface area (Å²) in [5.74, 6) is 0. The third-order valence-corrected chi connectivity index (χ3v) is 2.30. The topological polar surface area (TPSA) is 110 Å². The first-order valence-corrected chi connectivity index (χ1v) is 4.01. The van der Waals surface area contributed by atoms with Crippen molar-refractivity contribution in [1.29, 1.82) is 0 Å². The van der Waals surface area contributed by atoms with Crippen LogP contribution in [-0.4, -0.2) is 56.2 Å². The van der Waals surface area contributed by atoms with E-state index in [1.165, 1.54) is 0 Å². The molecule has 2 atom stereocenters. The van der Waals surface area contributed by atoms with E-state index >= 15 is 0 Å². The molecule has 0 heterocycles. The summed E-state index contributed by atoms with van der Waals surface area (Å²) >= 11 is 0. The highest BCUT2D eigenvalue weighted by atomic mass is 17.1. The molecule has 6 nitrogen and oxygen atoms in total. The van der Waals surface area contributed by atoms with E-state index in [1.807, 2.05) is 0 Å². The van der Waals surface area contributed by atoms with E-state index < -0.39 is 30.5 Å². The maximum absolute atomic E-state index is 9.61. The van der Waals surface area contributed by atoms with Crippen molar-refractivity contribution in [3.8, 4) is 0 Å². The molecule has 0 amide bonds. The normalized spacial score (nSPS) is 46.4. The zero-order valence-electron chi connectivity index (χ0n) is 7.00. The van der Waals surface area contributed by atoms with Gasteiger partial charge in [-0.1, -0.05) is 0 Å². The minimum atomic E-state index is -1.48. The maximum Gasteiger partial charge on any atom is 0.111 e. The largest absolute Gasteiger partial charge is 0.390 e. The zero-order chi connectivity index (χ0) is 10.1. The molecule has 78 valence electrons. The van der Waals surface area contributed by atoms with E-state index in [9.17, 15) is 15.3 Å². The predicted octanol–water partition coefficient (Wildman–Crippen LogP) is -1.92. The fourth-order valence-electron chi connectivity index (χ4n) is 1.60. The van der Waals surface area contributed by atoms with E-state index in [0.29, 0.717) is 0 Å². The van der Waals surface area contributed by atoms with Crippen LogP contribution >= 0.6 is 0 Å². The molecule has 1 saturated carbocycles. The van der Waals surface area contributed by atoms with Crippen LogP contribution < -0.4 is 0 Å². The Morgan fingerprint density at radius 1 is 1.15 bits per heavy atom. The highest BCUT2D eigenvalue weighted by molar-refractivity contribution is 4.95. The molecular weight excluding hydrogens is 180 g/mol. The zero-order valence-corrected chi connectivity index (χ0v) is 7.00. The van der Waals surface area contributed by atoms with Crippen LogP contribution in [0.2, 0.25) is 0 Å². The van der Waals surface area contributed by atoms with Crippen LogP contribution in [0.4, 0.5) is 0 Å². The Kier molecular flexibility index (Phi) is 3.23. The summed E-state index contributed by atoms with van der Waals surface area (Å²) in [6.07, 6.45) is -3.93. The average molecular weight is 194 g/mol. The summed E-state index contributed by atoms with van der Waals surface area (Å²) < 4.78 is 0. The van der Waals surface area contributed by atoms with Crippen molar-refractivity contribution in [1.82, 2.24) is 0 Å². The third-order valence-electron chi connectivity index (χ3n) is 2.30. The molecule has 0 aromatic heterocycles. The quantitative estimate of drug-likeness (QED) is 0.259. The second-order valence-corrected chi connectivity index (χ2v) is 3.53. The van der Waals surface area contributed by atoms with Gasteiger partial charge in [-0.15, -0.1) is 0 Å². The van der Waals surface area contributed by atoms with E-state index in [1.54, 1.807) is 0 Å². The number of hydrogen-bond donors (Lipinski definition) is 5. The van der Waals surface area contributed by atoms with Crippen LogP contribution in [0.1, 0.15) is 12.8 Å². The van der Waals surface area contributed by atoms with Gasteiger partial charge in [-0.25, -0.2) is 4.89 Å². The Morgan fingerprint density at radius 3 is 2.00 bits per heavy atom. The molecule has 0 saturated heterocycles. The van der Waals surface area contributed by atoms with Gasteiger partial charge in [0, 0.05) is 12.8 Å². The summed E-state index contributed by atoms with van der Waals surface area (Å²) in [6.45, 7) is -0.395. The lowest BCUT2D eigenvalue weighted by atomic mass is 9.80. The second-order valence-electron chi connectivity index (χ2n) is 3.53. The van der Waals surface area contributed by atoms with Gasteiger partial charge in [0.25, 0.3) is 0 Å². The lowest BCUT2D eigenvalue weighted by Gasteiger charge is -2.39. The first-order chi connectivity index (χ1) is 5.98. The molecule has 6 heteroatoms. The van der Waals surface area contributed by atoms with Crippen LogP contribution in [0.3, 0.4) is 0 Å². The van der Waals surface area contributed by atoms with Crippen LogP contribution in [-0.2, 0) is 4.89 Å². The predicted molar refractivity (Wildman–Crippen MR) is 40.8 cm³/mol. The Balaban J connectivity index is 2.61. The van der Waals surface area contributed by atoms with Crippen LogP contribution in [0, 0.1) is 0 Å². The van der Waals surface area contributed by atoms with Gasteiger partial charge < -0.3 is 20.4 Å². The Labute approximate surface area is 74.9 Å². The highest BCUT2D eigenvalue weighted by Crippen LogP contribution is 2.29. The molecule has 0 aromatic carbocycles. The molecule has 1 aliphatic carbocycles. The van der Waals surface area contributed by atoms with E-state index in [-0.39, 0.29) is 12.8 Å². The molecule has 1 aliphatic rings. The lowest BCUT2D eigenvalue weighted by molar-refractivity contribution is -0.286. The maximum atomic E-state index is 9.61. The van der Waals surface area contributed by atoms with Gasteiger partial charge in [-0.2, -0.15) is 0 Å². The van der Waals surface area contributed by atoms with E-state index in [0.717, 1.165) is 0 Å². The number of aliphatic hydroxyl groups excluding tert-OH is 3. The molecule has 1 rings (SSSR count). The molecule has 0 spiro atoms.